The number of nitrogens with one attached hydrogen (secondary N) is 1. The highest BCUT2D eigenvalue weighted by atomic mass is 32.3. The van der Waals surface area contributed by atoms with Gasteiger partial charge in [-0.15, -0.1) is 0 Å². The molecule has 8 nitrogen and oxygen atoms in total. The van der Waals surface area contributed by atoms with Gasteiger partial charge in [0.1, 0.15) is 11.6 Å². The van der Waals surface area contributed by atoms with Crippen molar-refractivity contribution in [1.29, 1.82) is 0 Å². The molecule has 3 amide bonds. The topological polar surface area (TPSA) is 96.0 Å². The van der Waals surface area contributed by atoms with Gasteiger partial charge in [0.2, 0.25) is 0 Å². The average molecular weight is 425 g/mol. The largest absolute Gasteiger partial charge is 0.488 e. The monoisotopic (exact) mass is 425 g/mol. The van der Waals surface area contributed by atoms with Gasteiger partial charge < -0.3 is 19.3 Å². The van der Waals surface area contributed by atoms with Crippen molar-refractivity contribution in [1.82, 2.24) is 9.80 Å². The van der Waals surface area contributed by atoms with Crippen molar-refractivity contribution in [2.24, 2.45) is 0 Å². The summed E-state index contributed by atoms with van der Waals surface area (Å²) in [5.74, 6) is -0.879. The number of urea groups is 1. The third-order valence-electron chi connectivity index (χ3n) is 4.25. The Morgan fingerprint density at radius 2 is 1.45 bits per heavy atom. The Labute approximate surface area is 166 Å². The predicted molar refractivity (Wildman–Crippen MR) is 100.0 cm³/mol. The normalized spacial score (nSPS) is 14.4. The smallest absolute Gasteiger partial charge is 0.358 e. The molecule has 1 heterocycles. The summed E-state index contributed by atoms with van der Waals surface area (Å²) >= 11 is 0. The van der Waals surface area contributed by atoms with E-state index in [4.69, 9.17) is 0 Å². The molecule has 0 unspecified atom stereocenters. The number of halogens is 2. The zero-order valence-electron chi connectivity index (χ0n) is 15.0. The lowest BCUT2D eigenvalue weighted by Crippen LogP contribution is -2.51. The van der Waals surface area contributed by atoms with Crippen molar-refractivity contribution in [3.8, 4) is 5.75 Å². The Kier molecular flexibility index (Phi) is 5.97. The molecular weight excluding hydrogens is 408 g/mol. The lowest BCUT2D eigenvalue weighted by Gasteiger charge is -2.34. The second-order valence-electron chi connectivity index (χ2n) is 6.22. The molecule has 0 spiro atoms. The van der Waals surface area contributed by atoms with Gasteiger partial charge >= 0.3 is 16.5 Å². The van der Waals surface area contributed by atoms with E-state index < -0.39 is 22.4 Å². The van der Waals surface area contributed by atoms with Crippen molar-refractivity contribution >= 4 is 28.1 Å². The van der Waals surface area contributed by atoms with Gasteiger partial charge in [-0.3, -0.25) is 4.79 Å². The van der Waals surface area contributed by atoms with Gasteiger partial charge in [-0.2, -0.15) is 8.42 Å². The molecule has 1 aliphatic rings. The van der Waals surface area contributed by atoms with E-state index in [0.717, 1.165) is 0 Å². The minimum Gasteiger partial charge on any atom is -0.358 e. The van der Waals surface area contributed by atoms with E-state index in [9.17, 15) is 26.3 Å². The number of rotatable bonds is 4. The van der Waals surface area contributed by atoms with Crippen LogP contribution in [0.4, 0.5) is 18.8 Å². The van der Waals surface area contributed by atoms with Gasteiger partial charge in [0.05, 0.1) is 0 Å². The molecule has 0 bridgehead atoms. The van der Waals surface area contributed by atoms with E-state index in [1.54, 1.807) is 4.90 Å². The first-order valence-electron chi connectivity index (χ1n) is 8.56. The molecule has 0 aliphatic carbocycles. The summed E-state index contributed by atoms with van der Waals surface area (Å²) in [7, 11) is -5.11. The predicted octanol–water partition coefficient (Wildman–Crippen LogP) is 2.41. The molecule has 154 valence electrons. The molecule has 1 aliphatic heterocycles. The highest BCUT2D eigenvalue weighted by Gasteiger charge is 2.25. The second-order valence-corrected chi connectivity index (χ2v) is 7.17. The van der Waals surface area contributed by atoms with E-state index in [1.807, 2.05) is 0 Å². The first-order valence-corrected chi connectivity index (χ1v) is 9.87. The van der Waals surface area contributed by atoms with Crippen molar-refractivity contribution in [2.45, 2.75) is 0 Å². The van der Waals surface area contributed by atoms with Gasteiger partial charge in [-0.05, 0) is 48.5 Å². The van der Waals surface area contributed by atoms with Crippen LogP contribution in [0.15, 0.2) is 48.5 Å². The quantitative estimate of drug-likeness (QED) is 0.759. The number of amides is 3. The molecule has 2 aromatic carbocycles. The fourth-order valence-corrected chi connectivity index (χ4v) is 3.14. The summed E-state index contributed by atoms with van der Waals surface area (Å²) < 4.78 is 50.4. The van der Waals surface area contributed by atoms with Gasteiger partial charge in [0, 0.05) is 37.4 Å². The van der Waals surface area contributed by atoms with Crippen LogP contribution in [-0.4, -0.2) is 56.3 Å². The van der Waals surface area contributed by atoms with Gasteiger partial charge in [0.15, 0.2) is 0 Å². The SMILES string of the molecule is O=C(Nc1ccc(OS(=O)(=O)F)cc1)N1CCN(C(=O)c2ccc(F)cc2)CC1. The highest BCUT2D eigenvalue weighted by molar-refractivity contribution is 7.81. The van der Waals surface area contributed by atoms with Crippen LogP contribution in [0.3, 0.4) is 0 Å². The van der Waals surface area contributed by atoms with E-state index in [1.165, 1.54) is 53.4 Å². The molecule has 11 heteroatoms. The summed E-state index contributed by atoms with van der Waals surface area (Å²) in [5, 5.41) is 2.63. The summed E-state index contributed by atoms with van der Waals surface area (Å²) in [4.78, 5) is 27.9. The molecule has 3 rings (SSSR count). The van der Waals surface area contributed by atoms with Crippen LogP contribution in [0.1, 0.15) is 10.4 Å². The fourth-order valence-electron chi connectivity index (χ4n) is 2.80. The molecule has 1 N–H and O–H groups in total. The molecule has 0 radical (unpaired) electrons. The van der Waals surface area contributed by atoms with Gasteiger partial charge in [-0.25, -0.2) is 9.18 Å². The van der Waals surface area contributed by atoms with Crippen LogP contribution in [0.5, 0.6) is 5.75 Å². The lowest BCUT2D eigenvalue weighted by molar-refractivity contribution is 0.0671. The summed E-state index contributed by atoms with van der Waals surface area (Å²) in [6, 6.07) is 10.0. The van der Waals surface area contributed by atoms with Gasteiger partial charge in [0.25, 0.3) is 5.91 Å². The van der Waals surface area contributed by atoms with Crippen LogP contribution in [-0.2, 0) is 10.5 Å². The van der Waals surface area contributed by atoms with Crippen LogP contribution < -0.4 is 9.50 Å². The summed E-state index contributed by atoms with van der Waals surface area (Å²) in [5.41, 5.74) is 0.741. The maximum atomic E-state index is 13.0. The Hall–Kier alpha value is -3.21. The van der Waals surface area contributed by atoms with E-state index in [-0.39, 0.29) is 11.7 Å². The van der Waals surface area contributed by atoms with E-state index in [2.05, 4.69) is 9.50 Å². The van der Waals surface area contributed by atoms with Crippen molar-refractivity contribution in [3.05, 3.63) is 59.9 Å². The van der Waals surface area contributed by atoms with Gasteiger partial charge in [-0.1, -0.05) is 3.89 Å². The average Bonchev–Trinajstić information content (AvgIpc) is 2.68. The number of benzene rings is 2. The molecule has 1 fully saturated rings. The number of nitrogens with zero attached hydrogens (tertiary/aromatic N) is 2. The Morgan fingerprint density at radius 1 is 0.897 bits per heavy atom. The minimum atomic E-state index is -5.11. The lowest BCUT2D eigenvalue weighted by atomic mass is 10.2. The van der Waals surface area contributed by atoms with Crippen LogP contribution in [0.2, 0.25) is 0 Å². The van der Waals surface area contributed by atoms with Crippen molar-refractivity contribution in [2.75, 3.05) is 31.5 Å². The van der Waals surface area contributed by atoms with E-state index in [0.29, 0.717) is 37.4 Å². The molecule has 2 aromatic rings. The van der Waals surface area contributed by atoms with E-state index >= 15 is 0 Å². The van der Waals surface area contributed by atoms with Crippen LogP contribution >= 0.6 is 0 Å². The van der Waals surface area contributed by atoms with Crippen molar-refractivity contribution < 1.29 is 30.5 Å². The van der Waals surface area contributed by atoms with Crippen molar-refractivity contribution in [3.63, 3.8) is 0 Å². The molecule has 0 saturated carbocycles. The summed E-state index contributed by atoms with van der Waals surface area (Å²) in [6.07, 6.45) is 0. The molecular formula is C18H17F2N3O5S. The minimum absolute atomic E-state index is 0.224. The van der Waals surface area contributed by atoms with Crippen LogP contribution in [0.25, 0.3) is 0 Å². The second kappa shape index (κ2) is 8.43. The maximum Gasteiger partial charge on any atom is 0.488 e. The van der Waals surface area contributed by atoms with Crippen LogP contribution in [0, 0.1) is 5.82 Å². The molecule has 0 aromatic heterocycles. The Morgan fingerprint density at radius 3 is 2.00 bits per heavy atom. The third kappa shape index (κ3) is 5.64. The Balaban J connectivity index is 1.52. The highest BCUT2D eigenvalue weighted by Crippen LogP contribution is 2.18. The fraction of sp³-hybridized carbons (Fsp3) is 0.222. The number of carbonyl (C=O) groups is 2. The number of hydrogen-bond donors (Lipinski definition) is 1. The molecule has 29 heavy (non-hydrogen) atoms. The zero-order valence-corrected chi connectivity index (χ0v) is 15.9. The zero-order chi connectivity index (χ0) is 21.0. The first-order chi connectivity index (χ1) is 13.7. The Bertz CT molecular complexity index is 989. The molecule has 0 atom stereocenters. The number of carbonyl (C=O) groups excluding carboxylic acids is 2. The first kappa shape index (κ1) is 20.5. The number of hydrogen-bond acceptors (Lipinski definition) is 5. The maximum absolute atomic E-state index is 13.0. The standard InChI is InChI=1S/C18H17F2N3O5S/c19-14-3-1-13(2-4-14)17(24)22-9-11-23(12-10-22)18(25)21-15-5-7-16(8-6-15)28-29(20,26)27/h1-8H,9-12H2,(H,21,25). The summed E-state index contributed by atoms with van der Waals surface area (Å²) in [6.45, 7) is 1.26. The molecule has 1 saturated heterocycles. The third-order valence-corrected chi connectivity index (χ3v) is 4.64. The number of piperazine rings is 1. The number of anilines is 1.